The number of hydrogen-bond acceptors (Lipinski definition) is 2. The van der Waals surface area contributed by atoms with E-state index in [1.807, 2.05) is 42.6 Å². The lowest BCUT2D eigenvalue weighted by atomic mass is 10.1. The molecule has 5 nitrogen and oxygen atoms in total. The summed E-state index contributed by atoms with van der Waals surface area (Å²) in [5.41, 5.74) is 5.20. The molecule has 4 rings (SSSR count). The Kier molecular flexibility index (Phi) is 3.61. The number of nitrogens with one attached hydrogen (secondary N) is 2. The number of hydrogen-bond donors (Lipinski definition) is 2. The quantitative estimate of drug-likeness (QED) is 0.373. The Labute approximate surface area is 151 Å². The van der Waals surface area contributed by atoms with E-state index in [9.17, 15) is 9.59 Å². The van der Waals surface area contributed by atoms with Crippen LogP contribution < -0.4 is 10.4 Å². The van der Waals surface area contributed by atoms with Gasteiger partial charge in [0.15, 0.2) is 0 Å². The van der Waals surface area contributed by atoms with Crippen LogP contribution >= 0.6 is 22.6 Å². The van der Waals surface area contributed by atoms with Gasteiger partial charge in [-0.3, -0.25) is 15.0 Å². The average molecular weight is 429 g/mol. The molecule has 1 aliphatic heterocycles. The largest absolute Gasteiger partial charge is 0.361 e. The lowest BCUT2D eigenvalue weighted by Gasteiger charge is -2.14. The molecule has 0 radical (unpaired) electrons. The smallest absolute Gasteiger partial charge is 0.282 e. The van der Waals surface area contributed by atoms with Crippen molar-refractivity contribution < 1.29 is 9.59 Å². The lowest BCUT2D eigenvalue weighted by molar-refractivity contribution is -0.117. The maximum Gasteiger partial charge on any atom is 0.282 e. The summed E-state index contributed by atoms with van der Waals surface area (Å²) in [5.74, 6) is -0.747. The van der Waals surface area contributed by atoms with Gasteiger partial charge < -0.3 is 4.98 Å². The summed E-state index contributed by atoms with van der Waals surface area (Å²) in [5, 5.41) is 2.31. The molecule has 0 atom stereocenters. The van der Waals surface area contributed by atoms with Crippen molar-refractivity contribution in [3.8, 4) is 0 Å². The third-order valence-corrected chi connectivity index (χ3v) is 4.58. The predicted molar refractivity (Wildman–Crippen MR) is 101 cm³/mol. The molecule has 24 heavy (non-hydrogen) atoms. The van der Waals surface area contributed by atoms with E-state index in [2.05, 4.69) is 33.0 Å². The van der Waals surface area contributed by atoms with Gasteiger partial charge in [-0.1, -0.05) is 6.07 Å². The molecule has 1 saturated heterocycles. The fourth-order valence-corrected chi connectivity index (χ4v) is 3.02. The number of carbonyl (C=O) groups excluding carboxylic acids is 2. The van der Waals surface area contributed by atoms with Crippen LogP contribution in [0.2, 0.25) is 0 Å². The number of fused-ring (bicyclic) bond motifs is 1. The van der Waals surface area contributed by atoms with Gasteiger partial charge in [0, 0.05) is 15.3 Å². The molecular formula is C18H12IN3O2. The van der Waals surface area contributed by atoms with Gasteiger partial charge in [0.25, 0.3) is 11.8 Å². The van der Waals surface area contributed by atoms with Gasteiger partial charge in [-0.25, -0.2) is 5.01 Å². The zero-order valence-electron chi connectivity index (χ0n) is 12.4. The monoisotopic (exact) mass is 429 g/mol. The van der Waals surface area contributed by atoms with Gasteiger partial charge in [-0.05, 0) is 82.1 Å². The van der Waals surface area contributed by atoms with Gasteiger partial charge in [0.05, 0.1) is 5.69 Å². The lowest BCUT2D eigenvalue weighted by Crippen LogP contribution is -2.35. The maximum absolute atomic E-state index is 12.6. The van der Waals surface area contributed by atoms with Gasteiger partial charge in [-0.15, -0.1) is 0 Å². The number of hydrazine groups is 1. The summed E-state index contributed by atoms with van der Waals surface area (Å²) in [4.78, 5) is 27.9. The number of nitrogens with zero attached hydrogens (tertiary/aromatic N) is 1. The summed E-state index contributed by atoms with van der Waals surface area (Å²) in [6.07, 6.45) is 3.48. The molecule has 2 N–H and O–H groups in total. The molecule has 3 aromatic rings. The second-order valence-electron chi connectivity index (χ2n) is 5.44. The van der Waals surface area contributed by atoms with Crippen LogP contribution in [0.15, 0.2) is 60.3 Å². The summed E-state index contributed by atoms with van der Waals surface area (Å²) in [7, 11) is 0. The molecule has 2 aromatic carbocycles. The Morgan fingerprint density at radius 1 is 1.00 bits per heavy atom. The fraction of sp³-hybridized carbons (Fsp3) is 0. The summed E-state index contributed by atoms with van der Waals surface area (Å²) >= 11 is 2.19. The van der Waals surface area contributed by atoms with Crippen LogP contribution in [0.4, 0.5) is 5.69 Å². The number of carbonyl (C=O) groups is 2. The van der Waals surface area contributed by atoms with Crippen LogP contribution in [0.3, 0.4) is 0 Å². The molecule has 0 spiro atoms. The second-order valence-corrected chi connectivity index (χ2v) is 6.69. The minimum atomic E-state index is -0.396. The minimum absolute atomic E-state index is 0.128. The Balaban J connectivity index is 1.68. The number of H-pyrrole nitrogens is 1. The van der Waals surface area contributed by atoms with Crippen LogP contribution in [0.1, 0.15) is 5.56 Å². The zero-order valence-corrected chi connectivity index (χ0v) is 14.6. The summed E-state index contributed by atoms with van der Waals surface area (Å²) < 4.78 is 1.06. The van der Waals surface area contributed by atoms with Crippen LogP contribution in [-0.4, -0.2) is 16.8 Å². The molecular weight excluding hydrogens is 417 g/mol. The number of aromatic amines is 1. The van der Waals surface area contributed by atoms with E-state index in [4.69, 9.17) is 0 Å². The van der Waals surface area contributed by atoms with Crippen LogP contribution in [0, 0.1) is 3.57 Å². The zero-order chi connectivity index (χ0) is 16.7. The molecule has 118 valence electrons. The molecule has 6 heteroatoms. The van der Waals surface area contributed by atoms with Crippen molar-refractivity contribution >= 4 is 57.1 Å². The van der Waals surface area contributed by atoms with Crippen LogP contribution in [0.25, 0.3) is 17.0 Å². The SMILES string of the molecule is O=C1NN(c2ccc(I)cc2)C(=O)/C1=C\c1ccc2[nH]ccc2c1. The third-order valence-electron chi connectivity index (χ3n) is 3.86. The average Bonchev–Trinajstić information content (AvgIpc) is 3.15. The van der Waals surface area contributed by atoms with Gasteiger partial charge in [-0.2, -0.15) is 0 Å². The molecule has 2 heterocycles. The molecule has 2 amide bonds. The van der Waals surface area contributed by atoms with E-state index in [1.54, 1.807) is 18.2 Å². The number of aromatic nitrogens is 1. The molecule has 0 unspecified atom stereocenters. The molecule has 1 fully saturated rings. The Hall–Kier alpha value is -2.61. The summed E-state index contributed by atoms with van der Waals surface area (Å²) in [6.45, 7) is 0. The first kappa shape index (κ1) is 14.9. The highest BCUT2D eigenvalue weighted by atomic mass is 127. The van der Waals surface area contributed by atoms with Crippen molar-refractivity contribution in [2.45, 2.75) is 0 Å². The molecule has 0 bridgehead atoms. The van der Waals surface area contributed by atoms with Gasteiger partial charge in [0.1, 0.15) is 5.57 Å². The van der Waals surface area contributed by atoms with E-state index in [0.29, 0.717) is 5.69 Å². The topological polar surface area (TPSA) is 65.2 Å². The molecule has 0 saturated carbocycles. The highest BCUT2D eigenvalue weighted by Gasteiger charge is 2.34. The highest BCUT2D eigenvalue weighted by molar-refractivity contribution is 14.1. The first-order chi connectivity index (χ1) is 11.6. The predicted octanol–water partition coefficient (Wildman–Crippen LogP) is 3.23. The highest BCUT2D eigenvalue weighted by Crippen LogP contribution is 2.23. The molecule has 1 aliphatic rings. The van der Waals surface area contributed by atoms with Crippen molar-refractivity contribution in [3.63, 3.8) is 0 Å². The fourth-order valence-electron chi connectivity index (χ4n) is 2.66. The van der Waals surface area contributed by atoms with E-state index in [1.165, 1.54) is 5.01 Å². The van der Waals surface area contributed by atoms with E-state index in [-0.39, 0.29) is 11.5 Å². The van der Waals surface area contributed by atoms with Crippen LogP contribution in [-0.2, 0) is 9.59 Å². The van der Waals surface area contributed by atoms with E-state index < -0.39 is 5.91 Å². The molecule has 1 aromatic heterocycles. The van der Waals surface area contributed by atoms with E-state index in [0.717, 1.165) is 20.0 Å². The van der Waals surface area contributed by atoms with Crippen molar-refractivity contribution in [1.82, 2.24) is 10.4 Å². The first-order valence-electron chi connectivity index (χ1n) is 7.32. The summed E-state index contributed by atoms with van der Waals surface area (Å²) in [6, 6.07) is 15.1. The number of halogens is 1. The van der Waals surface area contributed by atoms with E-state index >= 15 is 0 Å². The number of rotatable bonds is 2. The minimum Gasteiger partial charge on any atom is -0.361 e. The first-order valence-corrected chi connectivity index (χ1v) is 8.39. The Morgan fingerprint density at radius 2 is 1.79 bits per heavy atom. The van der Waals surface area contributed by atoms with Crippen molar-refractivity contribution in [1.29, 1.82) is 0 Å². The van der Waals surface area contributed by atoms with Gasteiger partial charge in [0.2, 0.25) is 0 Å². The second kappa shape index (κ2) is 5.79. The number of amides is 2. The van der Waals surface area contributed by atoms with Crippen molar-refractivity contribution in [3.05, 3.63) is 69.4 Å². The normalized spacial score (nSPS) is 16.2. The Bertz CT molecular complexity index is 989. The van der Waals surface area contributed by atoms with Gasteiger partial charge >= 0.3 is 0 Å². The standard InChI is InChI=1S/C18H12IN3O2/c19-13-2-4-14(5-3-13)22-18(24)15(17(23)21-22)10-11-1-6-16-12(9-11)7-8-20-16/h1-10,20H,(H,21,23)/b15-10-. The maximum atomic E-state index is 12.6. The van der Waals surface area contributed by atoms with Crippen LogP contribution in [0.5, 0.6) is 0 Å². The molecule has 0 aliphatic carbocycles. The third kappa shape index (κ3) is 2.58. The van der Waals surface area contributed by atoms with Crippen molar-refractivity contribution in [2.24, 2.45) is 0 Å². The van der Waals surface area contributed by atoms with Crippen molar-refractivity contribution in [2.75, 3.05) is 5.01 Å². The Morgan fingerprint density at radius 3 is 2.58 bits per heavy atom. The number of benzene rings is 2. The number of anilines is 1.